The molecule has 0 aliphatic carbocycles. The summed E-state index contributed by atoms with van der Waals surface area (Å²) in [4.78, 5) is 24.1. The molecule has 0 bridgehead atoms. The average Bonchev–Trinajstić information content (AvgIpc) is 2.69. The van der Waals surface area contributed by atoms with Crippen LogP contribution < -0.4 is 15.8 Å². The highest BCUT2D eigenvalue weighted by atomic mass is 35.5. The van der Waals surface area contributed by atoms with Gasteiger partial charge >= 0.3 is 5.97 Å². The molecule has 3 rings (SSSR count). The minimum absolute atomic E-state index is 0.0184. The normalized spacial score (nSPS) is 10.3. The van der Waals surface area contributed by atoms with Gasteiger partial charge in [-0.3, -0.25) is 4.79 Å². The average molecular weight is 400 g/mol. The van der Waals surface area contributed by atoms with Gasteiger partial charge in [0.1, 0.15) is 5.75 Å². The molecule has 0 radical (unpaired) electrons. The predicted octanol–water partition coefficient (Wildman–Crippen LogP) is 3.36. The Morgan fingerprint density at radius 3 is 2.54 bits per heavy atom. The van der Waals surface area contributed by atoms with Crippen LogP contribution in [-0.2, 0) is 16.1 Å². The fraction of sp³-hybridized carbons (Fsp3) is 0.158. The van der Waals surface area contributed by atoms with Crippen LogP contribution in [0.15, 0.2) is 54.6 Å². The van der Waals surface area contributed by atoms with E-state index in [1.165, 1.54) is 0 Å². The van der Waals surface area contributed by atoms with E-state index in [9.17, 15) is 4.79 Å². The van der Waals surface area contributed by atoms with E-state index in [-0.39, 0.29) is 37.4 Å². The van der Waals surface area contributed by atoms with Crippen molar-refractivity contribution in [3.8, 4) is 5.75 Å². The monoisotopic (exact) mass is 399 g/mol. The first-order chi connectivity index (χ1) is 13.6. The second kappa shape index (κ2) is 9.52. The number of halogens is 1. The molecule has 28 heavy (non-hydrogen) atoms. The van der Waals surface area contributed by atoms with Crippen LogP contribution >= 0.6 is 11.6 Å². The molecule has 0 saturated heterocycles. The Morgan fingerprint density at radius 1 is 1.04 bits per heavy atom. The summed E-state index contributed by atoms with van der Waals surface area (Å²) >= 11 is 5.86. The molecule has 3 N–H and O–H groups in total. The van der Waals surface area contributed by atoms with Gasteiger partial charge in [-0.25, -0.2) is 0 Å². The second-order valence-electron chi connectivity index (χ2n) is 5.64. The molecule has 0 spiro atoms. The van der Waals surface area contributed by atoms with E-state index in [1.807, 2.05) is 30.3 Å². The van der Waals surface area contributed by atoms with Gasteiger partial charge in [0.2, 0.25) is 11.9 Å². The van der Waals surface area contributed by atoms with Crippen LogP contribution in [0.2, 0.25) is 5.02 Å². The highest BCUT2D eigenvalue weighted by Gasteiger charge is 2.09. The number of para-hydroxylation sites is 1. The summed E-state index contributed by atoms with van der Waals surface area (Å²) in [5, 5.41) is 3.61. The molecule has 0 aliphatic heterocycles. The lowest BCUT2D eigenvalue weighted by atomic mass is 10.3. The largest absolute Gasteiger partial charge is 0.493 e. The van der Waals surface area contributed by atoms with Crippen LogP contribution in [0.1, 0.15) is 12.2 Å². The van der Waals surface area contributed by atoms with Crippen molar-refractivity contribution in [2.75, 3.05) is 17.7 Å². The predicted molar refractivity (Wildman–Crippen MR) is 105 cm³/mol. The molecule has 3 aromatic rings. The lowest BCUT2D eigenvalue weighted by molar-refractivity contribution is -0.145. The number of aromatic nitrogens is 3. The van der Waals surface area contributed by atoms with Crippen LogP contribution in [0.25, 0.3) is 0 Å². The maximum Gasteiger partial charge on any atom is 0.309 e. The molecule has 9 heteroatoms. The number of carbonyl (C=O) groups excluding carboxylic acids is 1. The van der Waals surface area contributed by atoms with Gasteiger partial charge in [-0.05, 0) is 36.4 Å². The first-order valence-corrected chi connectivity index (χ1v) is 8.83. The third-order valence-corrected chi connectivity index (χ3v) is 3.73. The number of nitrogens with one attached hydrogen (secondary N) is 1. The Hall–Kier alpha value is -3.39. The molecule has 0 aliphatic rings. The van der Waals surface area contributed by atoms with Gasteiger partial charge in [0.15, 0.2) is 12.4 Å². The Kier molecular flexibility index (Phi) is 6.59. The standard InChI is InChI=1S/C19H18ClN5O3/c20-13-6-8-14(9-7-13)22-19-24-16(23-18(21)25-19)12-28-17(26)10-11-27-15-4-2-1-3-5-15/h1-9H,10-12H2,(H3,21,22,23,24,25). The molecule has 0 atom stereocenters. The molecule has 0 saturated carbocycles. The van der Waals surface area contributed by atoms with Gasteiger partial charge < -0.3 is 20.5 Å². The molecule has 0 fully saturated rings. The summed E-state index contributed by atoms with van der Waals surface area (Å²) in [6.07, 6.45) is 0.103. The van der Waals surface area contributed by atoms with Crippen molar-refractivity contribution in [1.82, 2.24) is 15.0 Å². The van der Waals surface area contributed by atoms with Gasteiger partial charge in [-0.15, -0.1) is 0 Å². The zero-order chi connectivity index (χ0) is 19.8. The van der Waals surface area contributed by atoms with Crippen LogP contribution in [0.5, 0.6) is 5.75 Å². The summed E-state index contributed by atoms with van der Waals surface area (Å²) in [5.74, 6) is 0.764. The minimum Gasteiger partial charge on any atom is -0.493 e. The number of benzene rings is 2. The van der Waals surface area contributed by atoms with Crippen molar-refractivity contribution < 1.29 is 14.3 Å². The van der Waals surface area contributed by atoms with E-state index in [0.29, 0.717) is 10.8 Å². The smallest absolute Gasteiger partial charge is 0.309 e. The molecule has 0 amide bonds. The van der Waals surface area contributed by atoms with Gasteiger partial charge in [0.25, 0.3) is 0 Å². The molecule has 144 valence electrons. The summed E-state index contributed by atoms with van der Waals surface area (Å²) < 4.78 is 10.6. The van der Waals surface area contributed by atoms with Crippen molar-refractivity contribution in [2.24, 2.45) is 0 Å². The third-order valence-electron chi connectivity index (χ3n) is 3.48. The second-order valence-corrected chi connectivity index (χ2v) is 6.07. The van der Waals surface area contributed by atoms with E-state index < -0.39 is 5.97 Å². The maximum absolute atomic E-state index is 11.9. The highest BCUT2D eigenvalue weighted by molar-refractivity contribution is 6.30. The number of nitrogens with two attached hydrogens (primary N) is 1. The van der Waals surface area contributed by atoms with Gasteiger partial charge in [0, 0.05) is 10.7 Å². The van der Waals surface area contributed by atoms with E-state index in [0.717, 1.165) is 5.69 Å². The summed E-state index contributed by atoms with van der Waals surface area (Å²) in [6.45, 7) is 0.0950. The van der Waals surface area contributed by atoms with E-state index >= 15 is 0 Å². The molecular weight excluding hydrogens is 382 g/mol. The zero-order valence-corrected chi connectivity index (χ0v) is 15.6. The number of nitrogens with zero attached hydrogens (tertiary/aromatic N) is 3. The fourth-order valence-corrected chi connectivity index (χ4v) is 2.33. The van der Waals surface area contributed by atoms with Crippen molar-refractivity contribution in [2.45, 2.75) is 13.0 Å². The Bertz CT molecular complexity index is 923. The van der Waals surface area contributed by atoms with Crippen LogP contribution in [0.4, 0.5) is 17.6 Å². The van der Waals surface area contributed by atoms with Crippen molar-refractivity contribution in [1.29, 1.82) is 0 Å². The molecule has 1 aromatic heterocycles. The summed E-state index contributed by atoms with van der Waals surface area (Å²) in [6, 6.07) is 16.2. The number of nitrogen functional groups attached to an aromatic ring is 1. The first-order valence-electron chi connectivity index (χ1n) is 8.45. The third kappa shape index (κ3) is 6.10. The maximum atomic E-state index is 11.9. The molecule has 2 aromatic carbocycles. The molecule has 8 nitrogen and oxygen atoms in total. The Balaban J connectivity index is 1.50. The number of hydrogen-bond donors (Lipinski definition) is 2. The SMILES string of the molecule is Nc1nc(COC(=O)CCOc2ccccc2)nc(Nc2ccc(Cl)cc2)n1. The lowest BCUT2D eigenvalue weighted by Gasteiger charge is -2.09. The van der Waals surface area contributed by atoms with Gasteiger partial charge in [-0.2, -0.15) is 15.0 Å². The summed E-state index contributed by atoms with van der Waals surface area (Å²) in [5.41, 5.74) is 6.44. The lowest BCUT2D eigenvalue weighted by Crippen LogP contribution is -2.13. The van der Waals surface area contributed by atoms with Crippen LogP contribution in [-0.4, -0.2) is 27.5 Å². The van der Waals surface area contributed by atoms with Crippen LogP contribution in [0.3, 0.4) is 0 Å². The van der Waals surface area contributed by atoms with E-state index in [2.05, 4.69) is 20.3 Å². The van der Waals surface area contributed by atoms with Crippen LogP contribution in [0, 0.1) is 0 Å². The van der Waals surface area contributed by atoms with Crippen molar-refractivity contribution in [3.63, 3.8) is 0 Å². The van der Waals surface area contributed by atoms with E-state index in [4.69, 9.17) is 26.8 Å². The minimum atomic E-state index is -0.429. The number of esters is 1. The molecule has 1 heterocycles. The van der Waals surface area contributed by atoms with E-state index in [1.54, 1.807) is 24.3 Å². The fourth-order valence-electron chi connectivity index (χ4n) is 2.21. The number of ether oxygens (including phenoxy) is 2. The van der Waals surface area contributed by atoms with Crippen molar-refractivity contribution >= 4 is 35.2 Å². The Labute approximate surface area is 166 Å². The van der Waals surface area contributed by atoms with Crippen molar-refractivity contribution in [3.05, 3.63) is 65.4 Å². The number of rotatable bonds is 8. The first kappa shape index (κ1) is 19.4. The summed E-state index contributed by atoms with van der Waals surface area (Å²) in [7, 11) is 0. The number of anilines is 3. The van der Waals surface area contributed by atoms with Gasteiger partial charge in [-0.1, -0.05) is 29.8 Å². The quantitative estimate of drug-likeness (QED) is 0.554. The zero-order valence-electron chi connectivity index (χ0n) is 14.8. The molecule has 0 unspecified atom stereocenters. The number of hydrogen-bond acceptors (Lipinski definition) is 8. The number of carbonyl (C=O) groups is 1. The van der Waals surface area contributed by atoms with Gasteiger partial charge in [0.05, 0.1) is 13.0 Å². The topological polar surface area (TPSA) is 112 Å². The highest BCUT2D eigenvalue weighted by Crippen LogP contribution is 2.17. The Morgan fingerprint density at radius 2 is 1.79 bits per heavy atom. The molecular formula is C19H18ClN5O3.